The fourth-order valence-electron chi connectivity index (χ4n) is 2.72. The quantitative estimate of drug-likeness (QED) is 0.770. The van der Waals surface area contributed by atoms with E-state index in [1.807, 2.05) is 14.0 Å². The second-order valence-corrected chi connectivity index (χ2v) is 7.59. The highest BCUT2D eigenvalue weighted by Gasteiger charge is 2.28. The third-order valence-electron chi connectivity index (χ3n) is 3.74. The van der Waals surface area contributed by atoms with Crippen molar-refractivity contribution >= 4 is 10.0 Å². The van der Waals surface area contributed by atoms with Crippen molar-refractivity contribution in [2.75, 3.05) is 32.4 Å². The Kier molecular flexibility index (Phi) is 6.60. The standard InChI is InChI=1S/C13H28N2O2S/c1-4-5-12(2)11-18(16,17)15-8-6-13(7-9-15)10-14-3/h12-14H,4-11H2,1-3H3. The molecule has 0 radical (unpaired) electrons. The Bertz CT molecular complexity index is 322. The smallest absolute Gasteiger partial charge is 0.214 e. The van der Waals surface area contributed by atoms with Gasteiger partial charge in [0.25, 0.3) is 0 Å². The van der Waals surface area contributed by atoms with Crippen molar-refractivity contribution in [1.82, 2.24) is 9.62 Å². The van der Waals surface area contributed by atoms with Crippen LogP contribution in [0, 0.1) is 11.8 Å². The molecule has 1 N–H and O–H groups in total. The van der Waals surface area contributed by atoms with E-state index in [1.54, 1.807) is 4.31 Å². The lowest BCUT2D eigenvalue weighted by atomic mass is 9.98. The summed E-state index contributed by atoms with van der Waals surface area (Å²) in [7, 11) is -1.08. The third kappa shape index (κ3) is 4.86. The first-order valence-electron chi connectivity index (χ1n) is 7.12. The topological polar surface area (TPSA) is 49.4 Å². The summed E-state index contributed by atoms with van der Waals surface area (Å²) < 4.78 is 26.2. The van der Waals surface area contributed by atoms with Gasteiger partial charge in [-0.3, -0.25) is 0 Å². The van der Waals surface area contributed by atoms with Gasteiger partial charge in [0.15, 0.2) is 0 Å². The number of hydrogen-bond acceptors (Lipinski definition) is 3. The van der Waals surface area contributed by atoms with Crippen LogP contribution in [-0.4, -0.2) is 45.2 Å². The number of rotatable bonds is 7. The number of nitrogens with one attached hydrogen (secondary N) is 1. The van der Waals surface area contributed by atoms with Crippen molar-refractivity contribution in [3.8, 4) is 0 Å². The maximum Gasteiger partial charge on any atom is 0.214 e. The zero-order valence-electron chi connectivity index (χ0n) is 12.0. The second kappa shape index (κ2) is 7.46. The highest BCUT2D eigenvalue weighted by Crippen LogP contribution is 2.21. The van der Waals surface area contributed by atoms with Gasteiger partial charge in [-0.05, 0) is 44.7 Å². The van der Waals surface area contributed by atoms with E-state index in [4.69, 9.17) is 0 Å². The molecule has 108 valence electrons. The first-order chi connectivity index (χ1) is 8.49. The van der Waals surface area contributed by atoms with Gasteiger partial charge in [-0.15, -0.1) is 0 Å². The number of nitrogens with zero attached hydrogens (tertiary/aromatic N) is 1. The van der Waals surface area contributed by atoms with Crippen molar-refractivity contribution in [3.05, 3.63) is 0 Å². The average molecular weight is 276 g/mol. The molecule has 1 atom stereocenters. The van der Waals surface area contributed by atoms with Gasteiger partial charge in [0.05, 0.1) is 5.75 Å². The van der Waals surface area contributed by atoms with Crippen molar-refractivity contribution in [2.24, 2.45) is 11.8 Å². The lowest BCUT2D eigenvalue weighted by molar-refractivity contribution is 0.269. The lowest BCUT2D eigenvalue weighted by Gasteiger charge is -2.31. The number of piperidine rings is 1. The zero-order chi connectivity index (χ0) is 13.6. The molecule has 1 aliphatic heterocycles. The van der Waals surface area contributed by atoms with Crippen molar-refractivity contribution in [3.63, 3.8) is 0 Å². The Morgan fingerprint density at radius 1 is 1.33 bits per heavy atom. The van der Waals surface area contributed by atoms with E-state index in [0.29, 0.717) is 24.8 Å². The zero-order valence-corrected chi connectivity index (χ0v) is 12.8. The van der Waals surface area contributed by atoms with Crippen LogP contribution in [0.4, 0.5) is 0 Å². The van der Waals surface area contributed by atoms with Crippen LogP contribution in [0.15, 0.2) is 0 Å². The van der Waals surface area contributed by atoms with Crippen LogP contribution < -0.4 is 5.32 Å². The molecule has 1 fully saturated rings. The molecule has 1 heterocycles. The molecule has 1 rings (SSSR count). The monoisotopic (exact) mass is 276 g/mol. The minimum Gasteiger partial charge on any atom is -0.319 e. The van der Waals surface area contributed by atoms with Gasteiger partial charge >= 0.3 is 0 Å². The van der Waals surface area contributed by atoms with Gasteiger partial charge in [0, 0.05) is 13.1 Å². The molecule has 0 aliphatic carbocycles. The van der Waals surface area contributed by atoms with Crippen molar-refractivity contribution in [1.29, 1.82) is 0 Å². The van der Waals surface area contributed by atoms with E-state index in [0.717, 1.165) is 32.2 Å². The molecular weight excluding hydrogens is 248 g/mol. The van der Waals surface area contributed by atoms with Crippen molar-refractivity contribution in [2.45, 2.75) is 39.5 Å². The Hall–Kier alpha value is -0.130. The van der Waals surface area contributed by atoms with Gasteiger partial charge in [-0.1, -0.05) is 20.3 Å². The Labute approximate surface area is 112 Å². The first kappa shape index (κ1) is 15.9. The Balaban J connectivity index is 2.45. The summed E-state index contributed by atoms with van der Waals surface area (Å²) in [5, 5.41) is 3.17. The van der Waals surface area contributed by atoms with Crippen LogP contribution in [0.5, 0.6) is 0 Å². The largest absolute Gasteiger partial charge is 0.319 e. The average Bonchev–Trinajstić information content (AvgIpc) is 2.29. The van der Waals surface area contributed by atoms with E-state index >= 15 is 0 Å². The molecular formula is C13H28N2O2S. The highest BCUT2D eigenvalue weighted by atomic mass is 32.2. The van der Waals surface area contributed by atoms with Crippen LogP contribution in [0.25, 0.3) is 0 Å². The van der Waals surface area contributed by atoms with Gasteiger partial charge < -0.3 is 5.32 Å². The Morgan fingerprint density at radius 2 is 1.94 bits per heavy atom. The highest BCUT2D eigenvalue weighted by molar-refractivity contribution is 7.89. The van der Waals surface area contributed by atoms with E-state index in [1.165, 1.54) is 0 Å². The van der Waals surface area contributed by atoms with Crippen LogP contribution in [0.1, 0.15) is 39.5 Å². The van der Waals surface area contributed by atoms with Gasteiger partial charge in [-0.25, -0.2) is 12.7 Å². The van der Waals surface area contributed by atoms with E-state index in [9.17, 15) is 8.42 Å². The second-order valence-electron chi connectivity index (χ2n) is 5.57. The van der Waals surface area contributed by atoms with Crippen molar-refractivity contribution < 1.29 is 8.42 Å². The number of sulfonamides is 1. The first-order valence-corrected chi connectivity index (χ1v) is 8.73. The molecule has 0 spiro atoms. The molecule has 0 saturated carbocycles. The van der Waals surface area contributed by atoms with E-state index in [-0.39, 0.29) is 5.92 Å². The SMILES string of the molecule is CCCC(C)CS(=O)(=O)N1CCC(CNC)CC1. The molecule has 18 heavy (non-hydrogen) atoms. The van der Waals surface area contributed by atoms with Crippen LogP contribution in [0.2, 0.25) is 0 Å². The summed E-state index contributed by atoms with van der Waals surface area (Å²) in [5.41, 5.74) is 0. The molecule has 0 aromatic heterocycles. The predicted octanol–water partition coefficient (Wildman–Crippen LogP) is 1.68. The summed E-state index contributed by atoms with van der Waals surface area (Å²) in [6.07, 6.45) is 4.03. The third-order valence-corrected chi connectivity index (χ3v) is 5.88. The summed E-state index contributed by atoms with van der Waals surface area (Å²) in [5.74, 6) is 1.22. The number of hydrogen-bond donors (Lipinski definition) is 1. The summed E-state index contributed by atoms with van der Waals surface area (Å²) >= 11 is 0. The molecule has 0 aromatic rings. The van der Waals surface area contributed by atoms with Crippen LogP contribution in [0.3, 0.4) is 0 Å². The summed E-state index contributed by atoms with van der Waals surface area (Å²) in [4.78, 5) is 0. The summed E-state index contributed by atoms with van der Waals surface area (Å²) in [6.45, 7) is 6.54. The van der Waals surface area contributed by atoms with Gasteiger partial charge in [0.1, 0.15) is 0 Å². The molecule has 1 saturated heterocycles. The molecule has 1 unspecified atom stereocenters. The maximum absolute atomic E-state index is 12.2. The summed E-state index contributed by atoms with van der Waals surface area (Å²) in [6, 6.07) is 0. The molecule has 0 amide bonds. The van der Waals surface area contributed by atoms with Crippen LogP contribution >= 0.6 is 0 Å². The van der Waals surface area contributed by atoms with Crippen LogP contribution in [-0.2, 0) is 10.0 Å². The van der Waals surface area contributed by atoms with Gasteiger partial charge in [-0.2, -0.15) is 0 Å². The fraction of sp³-hybridized carbons (Fsp3) is 1.00. The molecule has 4 nitrogen and oxygen atoms in total. The lowest BCUT2D eigenvalue weighted by Crippen LogP contribution is -2.42. The molecule has 1 aliphatic rings. The van der Waals surface area contributed by atoms with E-state index in [2.05, 4.69) is 12.2 Å². The molecule has 5 heteroatoms. The van der Waals surface area contributed by atoms with E-state index < -0.39 is 10.0 Å². The fourth-order valence-corrected chi connectivity index (χ4v) is 4.59. The molecule has 0 bridgehead atoms. The Morgan fingerprint density at radius 3 is 2.44 bits per heavy atom. The minimum absolute atomic E-state index is 0.273. The normalized spacial score (nSPS) is 21.1. The van der Waals surface area contributed by atoms with Gasteiger partial charge in [0.2, 0.25) is 10.0 Å². The maximum atomic E-state index is 12.2. The minimum atomic E-state index is -3.03. The molecule has 0 aromatic carbocycles. The predicted molar refractivity (Wildman–Crippen MR) is 76.1 cm³/mol.